The number of carbonyl (C=O) groups is 2. The second-order valence-corrected chi connectivity index (χ2v) is 10.6. The second-order valence-electron chi connectivity index (χ2n) is 9.53. The standard InChI is InChI=1S/C28H25N3O3S/c1-16-11-13-18(14-12-16)24-23-25(34-31(24)21-9-5-3-7-17(21)2)27(33)30(26(23)32)28-20(15-29)19-8-4-6-10-22(19)35-28/h3,5,7,9,11-14,23-25H,4,6,8,10H2,1-2H3/t23-,24-,25-/m1/s1. The van der Waals surface area contributed by atoms with Gasteiger partial charge in [-0.15, -0.1) is 11.3 Å². The number of hydroxylamine groups is 1. The van der Waals surface area contributed by atoms with E-state index < -0.39 is 18.1 Å². The molecule has 3 aliphatic rings. The number of amides is 2. The molecule has 0 unspecified atom stereocenters. The van der Waals surface area contributed by atoms with Crippen LogP contribution in [0.15, 0.2) is 48.5 Å². The maximum atomic E-state index is 14.0. The number of nitriles is 1. The van der Waals surface area contributed by atoms with Crippen molar-refractivity contribution in [3.05, 3.63) is 81.2 Å². The number of rotatable bonds is 3. The van der Waals surface area contributed by atoms with Crippen LogP contribution in [0.3, 0.4) is 0 Å². The van der Waals surface area contributed by atoms with Crippen LogP contribution in [0.4, 0.5) is 10.7 Å². The van der Waals surface area contributed by atoms with E-state index >= 15 is 0 Å². The van der Waals surface area contributed by atoms with Crippen molar-refractivity contribution >= 4 is 33.8 Å². The van der Waals surface area contributed by atoms with Gasteiger partial charge >= 0.3 is 0 Å². The fraction of sp³-hybridized carbons (Fsp3) is 0.321. The van der Waals surface area contributed by atoms with E-state index in [-0.39, 0.29) is 11.8 Å². The molecular formula is C28H25N3O3S. The molecule has 2 aromatic carbocycles. The van der Waals surface area contributed by atoms with Gasteiger partial charge in [0.15, 0.2) is 6.10 Å². The molecule has 3 atom stereocenters. The van der Waals surface area contributed by atoms with Crippen LogP contribution in [-0.4, -0.2) is 17.9 Å². The summed E-state index contributed by atoms with van der Waals surface area (Å²) in [5.74, 6) is -1.38. The normalized spacial score (nSPS) is 23.4. The molecule has 0 radical (unpaired) electrons. The lowest BCUT2D eigenvalue weighted by Crippen LogP contribution is -2.37. The third kappa shape index (κ3) is 3.32. The Morgan fingerprint density at radius 2 is 1.74 bits per heavy atom. The Labute approximate surface area is 208 Å². The lowest BCUT2D eigenvalue weighted by molar-refractivity contribution is -0.126. The highest BCUT2D eigenvalue weighted by atomic mass is 32.1. The first-order valence-electron chi connectivity index (χ1n) is 12.0. The molecule has 2 amide bonds. The minimum atomic E-state index is -0.931. The lowest BCUT2D eigenvalue weighted by Gasteiger charge is -2.29. The van der Waals surface area contributed by atoms with Crippen LogP contribution in [0.2, 0.25) is 0 Å². The van der Waals surface area contributed by atoms with E-state index in [1.165, 1.54) is 16.2 Å². The smallest absolute Gasteiger partial charge is 0.267 e. The topological polar surface area (TPSA) is 73.6 Å². The van der Waals surface area contributed by atoms with Crippen LogP contribution in [0.5, 0.6) is 0 Å². The van der Waals surface area contributed by atoms with E-state index in [1.54, 1.807) is 5.06 Å². The highest BCUT2D eigenvalue weighted by Gasteiger charge is 2.61. The molecular weight excluding hydrogens is 458 g/mol. The molecule has 2 saturated heterocycles. The Morgan fingerprint density at radius 1 is 1.00 bits per heavy atom. The van der Waals surface area contributed by atoms with Crippen LogP contribution < -0.4 is 9.96 Å². The summed E-state index contributed by atoms with van der Waals surface area (Å²) >= 11 is 1.42. The summed E-state index contributed by atoms with van der Waals surface area (Å²) in [4.78, 5) is 36.4. The van der Waals surface area contributed by atoms with Gasteiger partial charge in [0.2, 0.25) is 5.91 Å². The number of thiophene rings is 1. The summed E-state index contributed by atoms with van der Waals surface area (Å²) in [6.07, 6.45) is 2.87. The second kappa shape index (κ2) is 8.33. The summed E-state index contributed by atoms with van der Waals surface area (Å²) in [5, 5.41) is 12.2. The Hall–Kier alpha value is -3.47. The molecule has 35 heavy (non-hydrogen) atoms. The highest BCUT2D eigenvalue weighted by molar-refractivity contribution is 7.17. The van der Waals surface area contributed by atoms with Crippen molar-refractivity contribution in [2.75, 3.05) is 9.96 Å². The van der Waals surface area contributed by atoms with Crippen LogP contribution in [0.25, 0.3) is 0 Å². The Kier molecular flexibility index (Phi) is 5.24. The molecule has 0 N–H and O–H groups in total. The average Bonchev–Trinajstić information content (AvgIpc) is 3.50. The molecule has 6 nitrogen and oxygen atoms in total. The van der Waals surface area contributed by atoms with Gasteiger partial charge in [-0.3, -0.25) is 14.4 Å². The number of anilines is 2. The summed E-state index contributed by atoms with van der Waals surface area (Å²) in [5.41, 5.74) is 5.36. The van der Waals surface area contributed by atoms with Crippen LogP contribution in [0.1, 0.15) is 51.6 Å². The lowest BCUT2D eigenvalue weighted by atomic mass is 9.90. The van der Waals surface area contributed by atoms with E-state index in [0.29, 0.717) is 10.6 Å². The Morgan fingerprint density at radius 3 is 2.49 bits per heavy atom. The number of hydrogen-bond acceptors (Lipinski definition) is 6. The van der Waals surface area contributed by atoms with E-state index in [1.807, 2.05) is 62.4 Å². The van der Waals surface area contributed by atoms with E-state index in [0.717, 1.165) is 58.5 Å². The van der Waals surface area contributed by atoms with Crippen molar-refractivity contribution in [2.24, 2.45) is 5.92 Å². The summed E-state index contributed by atoms with van der Waals surface area (Å²) in [7, 11) is 0. The van der Waals surface area contributed by atoms with Gasteiger partial charge in [-0.05, 0) is 62.3 Å². The number of benzene rings is 2. The van der Waals surface area contributed by atoms with Gasteiger partial charge in [0.1, 0.15) is 17.0 Å². The molecule has 6 rings (SSSR count). The van der Waals surface area contributed by atoms with Gasteiger partial charge in [0.25, 0.3) is 5.91 Å². The van der Waals surface area contributed by atoms with Gasteiger partial charge in [0, 0.05) is 4.88 Å². The molecule has 0 spiro atoms. The zero-order valence-corrected chi connectivity index (χ0v) is 20.5. The van der Waals surface area contributed by atoms with Crippen LogP contribution >= 0.6 is 11.3 Å². The molecule has 1 aliphatic carbocycles. The van der Waals surface area contributed by atoms with Crippen LogP contribution in [-0.2, 0) is 27.3 Å². The van der Waals surface area contributed by atoms with Gasteiger partial charge in [0.05, 0.1) is 17.3 Å². The molecule has 7 heteroatoms. The number of fused-ring (bicyclic) bond motifs is 2. The predicted octanol–water partition coefficient (Wildman–Crippen LogP) is 5.17. The summed E-state index contributed by atoms with van der Waals surface area (Å²) in [6, 6.07) is 17.7. The van der Waals surface area contributed by atoms with Crippen molar-refractivity contribution in [1.82, 2.24) is 0 Å². The maximum Gasteiger partial charge on any atom is 0.267 e. The average molecular weight is 484 g/mol. The number of aryl methyl sites for hydroxylation is 3. The maximum absolute atomic E-state index is 14.0. The zero-order valence-electron chi connectivity index (χ0n) is 19.7. The molecule has 2 aliphatic heterocycles. The molecule has 176 valence electrons. The molecule has 3 heterocycles. The first kappa shape index (κ1) is 22.0. The van der Waals surface area contributed by atoms with Gasteiger partial charge < -0.3 is 0 Å². The summed E-state index contributed by atoms with van der Waals surface area (Å²) < 4.78 is 0. The fourth-order valence-corrected chi connectivity index (χ4v) is 6.91. The fourth-order valence-electron chi connectivity index (χ4n) is 5.56. The SMILES string of the molecule is Cc1ccc([C@@H]2[C@H]3C(=O)N(c4sc5c(c4C#N)CCCC5)C(=O)[C@@H]3ON2c2ccccc2C)cc1. The molecule has 3 aromatic rings. The van der Waals surface area contributed by atoms with Crippen molar-refractivity contribution in [1.29, 1.82) is 5.26 Å². The van der Waals surface area contributed by atoms with Crippen molar-refractivity contribution in [3.63, 3.8) is 0 Å². The molecule has 0 saturated carbocycles. The van der Waals surface area contributed by atoms with Crippen molar-refractivity contribution in [2.45, 2.75) is 51.7 Å². The highest BCUT2D eigenvalue weighted by Crippen LogP contribution is 2.50. The third-order valence-corrected chi connectivity index (χ3v) is 8.63. The van der Waals surface area contributed by atoms with Crippen molar-refractivity contribution < 1.29 is 14.4 Å². The molecule has 0 bridgehead atoms. The minimum Gasteiger partial charge on any atom is -0.273 e. The van der Waals surface area contributed by atoms with Crippen LogP contribution in [0, 0.1) is 31.1 Å². The van der Waals surface area contributed by atoms with Gasteiger partial charge in [-0.1, -0.05) is 48.0 Å². The predicted molar refractivity (Wildman–Crippen MR) is 134 cm³/mol. The number of nitrogens with zero attached hydrogens (tertiary/aromatic N) is 3. The Bertz CT molecular complexity index is 1390. The minimum absolute atomic E-state index is 0.295. The van der Waals surface area contributed by atoms with E-state index in [4.69, 9.17) is 4.84 Å². The number of para-hydroxylation sites is 1. The molecule has 1 aromatic heterocycles. The first-order chi connectivity index (χ1) is 17.0. The molecule has 2 fully saturated rings. The van der Waals surface area contributed by atoms with E-state index in [9.17, 15) is 14.9 Å². The number of hydrogen-bond donors (Lipinski definition) is 0. The zero-order chi connectivity index (χ0) is 24.3. The van der Waals surface area contributed by atoms with E-state index in [2.05, 4.69) is 6.07 Å². The monoisotopic (exact) mass is 483 g/mol. The number of carbonyl (C=O) groups excluding carboxylic acids is 2. The van der Waals surface area contributed by atoms with Gasteiger partial charge in [-0.2, -0.15) is 5.26 Å². The summed E-state index contributed by atoms with van der Waals surface area (Å²) in [6.45, 7) is 4.01. The quantitative estimate of drug-likeness (QED) is 0.481. The van der Waals surface area contributed by atoms with Crippen molar-refractivity contribution in [3.8, 4) is 6.07 Å². The Balaban J connectivity index is 1.45. The third-order valence-electron chi connectivity index (χ3n) is 7.35. The van der Waals surface area contributed by atoms with Gasteiger partial charge in [-0.25, -0.2) is 9.96 Å². The number of imide groups is 1. The largest absolute Gasteiger partial charge is 0.273 e. The first-order valence-corrected chi connectivity index (χ1v) is 12.8.